The number of hydrogen-bond acceptors (Lipinski definition) is 2. The molecule has 1 amide bonds. The second kappa shape index (κ2) is 4.39. The molecule has 98 valence electrons. The first-order valence-corrected chi connectivity index (χ1v) is 6.54. The highest BCUT2D eigenvalue weighted by atomic mass is 16.2. The first-order valence-electron chi connectivity index (χ1n) is 6.54. The molecule has 3 nitrogen and oxygen atoms in total. The van der Waals surface area contributed by atoms with Crippen LogP contribution in [0.3, 0.4) is 0 Å². The van der Waals surface area contributed by atoms with Crippen LogP contribution in [-0.4, -0.2) is 12.5 Å². The Morgan fingerprint density at radius 3 is 2.61 bits per heavy atom. The number of anilines is 1. The summed E-state index contributed by atoms with van der Waals surface area (Å²) in [6, 6.07) is 2.15. The lowest BCUT2D eigenvalue weighted by Gasteiger charge is -2.18. The molecule has 1 aromatic carbocycles. The van der Waals surface area contributed by atoms with Gasteiger partial charge >= 0.3 is 0 Å². The quantitative estimate of drug-likeness (QED) is 0.860. The minimum Gasteiger partial charge on any atom is -0.330 e. The maximum atomic E-state index is 12.1. The van der Waals surface area contributed by atoms with Crippen molar-refractivity contribution < 1.29 is 4.79 Å². The van der Waals surface area contributed by atoms with E-state index in [-0.39, 0.29) is 5.91 Å². The van der Waals surface area contributed by atoms with Crippen molar-refractivity contribution in [3.05, 3.63) is 28.3 Å². The Morgan fingerprint density at radius 2 is 2.00 bits per heavy atom. The fraction of sp³-hybridized carbons (Fsp3) is 0.533. The van der Waals surface area contributed by atoms with Gasteiger partial charge in [0.25, 0.3) is 0 Å². The van der Waals surface area contributed by atoms with E-state index in [0.29, 0.717) is 6.54 Å². The van der Waals surface area contributed by atoms with E-state index in [0.717, 1.165) is 24.1 Å². The Hall–Kier alpha value is -1.35. The number of nitrogens with two attached hydrogens (primary N) is 1. The van der Waals surface area contributed by atoms with Crippen LogP contribution in [0.25, 0.3) is 0 Å². The molecule has 1 aliphatic rings. The van der Waals surface area contributed by atoms with E-state index in [4.69, 9.17) is 5.73 Å². The number of nitrogens with one attached hydrogen (secondary N) is 1. The van der Waals surface area contributed by atoms with Gasteiger partial charge in [0.2, 0.25) is 5.91 Å². The summed E-state index contributed by atoms with van der Waals surface area (Å²) in [4.78, 5) is 12.1. The first kappa shape index (κ1) is 13.1. The largest absolute Gasteiger partial charge is 0.330 e. The van der Waals surface area contributed by atoms with E-state index in [1.54, 1.807) is 0 Å². The van der Waals surface area contributed by atoms with E-state index < -0.39 is 5.41 Å². The molecule has 0 unspecified atom stereocenters. The normalized spacial score (nSPS) is 16.6. The lowest BCUT2D eigenvalue weighted by atomic mass is 9.82. The van der Waals surface area contributed by atoms with Crippen LogP contribution in [0.2, 0.25) is 0 Å². The molecule has 1 aromatic rings. The molecule has 0 fully saturated rings. The van der Waals surface area contributed by atoms with Gasteiger partial charge in [-0.25, -0.2) is 0 Å². The third kappa shape index (κ3) is 1.83. The molecule has 0 atom stereocenters. The average molecular weight is 246 g/mol. The molecule has 0 aliphatic carbocycles. The number of benzene rings is 1. The number of carbonyl (C=O) groups is 1. The fourth-order valence-corrected chi connectivity index (χ4v) is 2.60. The molecule has 0 spiro atoms. The van der Waals surface area contributed by atoms with Gasteiger partial charge in [-0.3, -0.25) is 4.79 Å². The molecule has 0 saturated heterocycles. The predicted octanol–water partition coefficient (Wildman–Crippen LogP) is 2.42. The maximum absolute atomic E-state index is 12.1. The molecule has 0 aromatic heterocycles. The molecule has 18 heavy (non-hydrogen) atoms. The number of rotatable bonds is 3. The van der Waals surface area contributed by atoms with Gasteiger partial charge in [-0.2, -0.15) is 0 Å². The van der Waals surface area contributed by atoms with Crippen LogP contribution in [0.1, 0.15) is 42.5 Å². The van der Waals surface area contributed by atoms with Crippen LogP contribution in [0.5, 0.6) is 0 Å². The highest BCUT2D eigenvalue weighted by Gasteiger charge is 2.39. The van der Waals surface area contributed by atoms with E-state index in [1.807, 2.05) is 13.8 Å². The fourth-order valence-electron chi connectivity index (χ4n) is 2.60. The van der Waals surface area contributed by atoms with Gasteiger partial charge < -0.3 is 11.1 Å². The zero-order valence-corrected chi connectivity index (χ0v) is 11.7. The Morgan fingerprint density at radius 1 is 1.33 bits per heavy atom. The molecule has 0 saturated carbocycles. The third-order valence-corrected chi connectivity index (χ3v) is 4.09. The lowest BCUT2D eigenvalue weighted by molar-refractivity contribution is -0.119. The van der Waals surface area contributed by atoms with Crippen molar-refractivity contribution in [1.82, 2.24) is 0 Å². The molecular weight excluding hydrogens is 224 g/mol. The van der Waals surface area contributed by atoms with E-state index in [9.17, 15) is 4.79 Å². The summed E-state index contributed by atoms with van der Waals surface area (Å²) in [6.07, 6.45) is 1.88. The highest BCUT2D eigenvalue weighted by molar-refractivity contribution is 6.06. The van der Waals surface area contributed by atoms with E-state index in [2.05, 4.69) is 25.2 Å². The van der Waals surface area contributed by atoms with Gasteiger partial charge in [-0.05, 0) is 69.3 Å². The summed E-state index contributed by atoms with van der Waals surface area (Å²) < 4.78 is 0. The molecule has 2 rings (SSSR count). The van der Waals surface area contributed by atoms with Gasteiger partial charge in [-0.15, -0.1) is 0 Å². The van der Waals surface area contributed by atoms with Crippen LogP contribution >= 0.6 is 0 Å². The average Bonchev–Trinajstić information content (AvgIpc) is 2.52. The highest BCUT2D eigenvalue weighted by Crippen LogP contribution is 2.42. The smallest absolute Gasteiger partial charge is 0.234 e. The molecular formula is C15H22N2O. The molecule has 0 bridgehead atoms. The zero-order chi connectivity index (χ0) is 13.5. The van der Waals surface area contributed by atoms with Crippen molar-refractivity contribution in [2.45, 2.75) is 46.0 Å². The predicted molar refractivity (Wildman–Crippen MR) is 74.9 cm³/mol. The summed E-state index contributed by atoms with van der Waals surface area (Å²) >= 11 is 0. The standard InChI is InChI=1S/C15H22N2O/c1-9-8-12-13(17-14(18)15(12,3)4)11(10(9)2)6-5-7-16/h8H,5-7,16H2,1-4H3,(H,17,18). The summed E-state index contributed by atoms with van der Waals surface area (Å²) in [6.45, 7) is 8.88. The van der Waals surface area contributed by atoms with Crippen molar-refractivity contribution in [1.29, 1.82) is 0 Å². The Balaban J connectivity index is 2.59. The van der Waals surface area contributed by atoms with Gasteiger partial charge in [0, 0.05) is 5.69 Å². The number of fused-ring (bicyclic) bond motifs is 1. The molecule has 1 heterocycles. The molecule has 3 N–H and O–H groups in total. The SMILES string of the molecule is Cc1cc2c(c(CCCN)c1C)NC(=O)C2(C)C. The lowest BCUT2D eigenvalue weighted by Crippen LogP contribution is -2.26. The number of hydrogen-bond donors (Lipinski definition) is 2. The molecule has 3 heteroatoms. The van der Waals surface area contributed by atoms with Crippen molar-refractivity contribution in [2.75, 3.05) is 11.9 Å². The van der Waals surface area contributed by atoms with Crippen molar-refractivity contribution >= 4 is 11.6 Å². The molecule has 1 aliphatic heterocycles. The summed E-state index contributed by atoms with van der Waals surface area (Å²) in [5.74, 6) is 0.0940. The Bertz CT molecular complexity index is 504. The van der Waals surface area contributed by atoms with Crippen LogP contribution in [0.4, 0.5) is 5.69 Å². The number of aryl methyl sites for hydroxylation is 1. The minimum atomic E-state index is -0.425. The summed E-state index contributed by atoms with van der Waals surface area (Å²) in [5.41, 5.74) is 11.1. The van der Waals surface area contributed by atoms with Crippen molar-refractivity contribution in [2.24, 2.45) is 5.73 Å². The summed E-state index contributed by atoms with van der Waals surface area (Å²) in [5, 5.41) is 3.05. The third-order valence-electron chi connectivity index (χ3n) is 4.09. The van der Waals surface area contributed by atoms with Crippen LogP contribution in [0, 0.1) is 13.8 Å². The monoisotopic (exact) mass is 246 g/mol. The number of amides is 1. The van der Waals surface area contributed by atoms with E-state index in [1.165, 1.54) is 16.7 Å². The van der Waals surface area contributed by atoms with Crippen molar-refractivity contribution in [3.8, 4) is 0 Å². The van der Waals surface area contributed by atoms with Crippen LogP contribution in [0.15, 0.2) is 6.07 Å². The number of carbonyl (C=O) groups excluding carboxylic acids is 1. The van der Waals surface area contributed by atoms with Gasteiger partial charge in [0.1, 0.15) is 0 Å². The maximum Gasteiger partial charge on any atom is 0.234 e. The zero-order valence-electron chi connectivity index (χ0n) is 11.7. The van der Waals surface area contributed by atoms with Gasteiger partial charge in [-0.1, -0.05) is 6.07 Å². The second-order valence-corrected chi connectivity index (χ2v) is 5.69. The molecule has 0 radical (unpaired) electrons. The van der Waals surface area contributed by atoms with Gasteiger partial charge in [0.15, 0.2) is 0 Å². The van der Waals surface area contributed by atoms with Crippen molar-refractivity contribution in [3.63, 3.8) is 0 Å². The second-order valence-electron chi connectivity index (χ2n) is 5.69. The Kier molecular flexibility index (Phi) is 3.20. The topological polar surface area (TPSA) is 55.1 Å². The Labute approximate surface area is 109 Å². The first-order chi connectivity index (χ1) is 8.39. The van der Waals surface area contributed by atoms with Gasteiger partial charge in [0.05, 0.1) is 5.41 Å². The van der Waals surface area contributed by atoms with E-state index >= 15 is 0 Å². The summed E-state index contributed by atoms with van der Waals surface area (Å²) in [7, 11) is 0. The minimum absolute atomic E-state index is 0.0940. The van der Waals surface area contributed by atoms with Crippen LogP contribution < -0.4 is 11.1 Å². The van der Waals surface area contributed by atoms with Crippen LogP contribution in [-0.2, 0) is 16.6 Å².